The van der Waals surface area contributed by atoms with Crippen LogP contribution >= 0.6 is 23.2 Å². The molecule has 0 heterocycles. The second kappa shape index (κ2) is 4.80. The molecule has 0 saturated heterocycles. The Morgan fingerprint density at radius 1 is 1.23 bits per heavy atom. The van der Waals surface area contributed by atoms with E-state index in [1.807, 2.05) is 0 Å². The number of hydrogen-bond donors (Lipinski definition) is 1. The molecule has 0 unspecified atom stereocenters. The van der Waals surface area contributed by atoms with Gasteiger partial charge in [0, 0.05) is 11.6 Å². The Hall–Kier alpha value is -0.310. The maximum absolute atomic E-state index is 12.9. The monoisotopic (exact) mass is 222 g/mol. The molecule has 0 atom stereocenters. The normalized spacial score (nSPS) is 10.5. The van der Waals surface area contributed by atoms with Crippen LogP contribution in [0.25, 0.3) is 0 Å². The number of aliphatic hydroxyl groups excluding tert-OH is 1. The highest BCUT2D eigenvalue weighted by molar-refractivity contribution is 6.35. The molecule has 0 aliphatic heterocycles. The number of aliphatic hydroxyl groups is 1. The van der Waals surface area contributed by atoms with Gasteiger partial charge in [-0.3, -0.25) is 0 Å². The highest BCUT2D eigenvalue weighted by Crippen LogP contribution is 2.24. The van der Waals surface area contributed by atoms with Crippen molar-refractivity contribution in [2.75, 3.05) is 6.61 Å². The molecular formula is C9H9Cl2FO. The second-order valence-electron chi connectivity index (χ2n) is 2.68. The molecule has 72 valence electrons. The molecule has 1 N–H and O–H groups in total. The van der Waals surface area contributed by atoms with Crippen LogP contribution in [0.15, 0.2) is 12.1 Å². The van der Waals surface area contributed by atoms with E-state index in [0.29, 0.717) is 23.4 Å². The first-order valence-corrected chi connectivity index (χ1v) is 4.65. The zero-order valence-electron chi connectivity index (χ0n) is 6.86. The van der Waals surface area contributed by atoms with Gasteiger partial charge in [0.15, 0.2) is 0 Å². The molecule has 0 fully saturated rings. The van der Waals surface area contributed by atoms with E-state index in [2.05, 4.69) is 0 Å². The third-order valence-corrected chi connectivity index (χ3v) is 2.34. The third kappa shape index (κ3) is 2.83. The molecule has 0 amide bonds. The lowest BCUT2D eigenvalue weighted by Crippen LogP contribution is -1.92. The Bertz CT molecular complexity index is 302. The highest BCUT2D eigenvalue weighted by atomic mass is 35.5. The molecule has 1 aromatic rings. The first-order chi connectivity index (χ1) is 6.15. The number of hydrogen-bond acceptors (Lipinski definition) is 1. The molecule has 1 aromatic carbocycles. The fraction of sp³-hybridized carbons (Fsp3) is 0.333. The van der Waals surface area contributed by atoms with Crippen molar-refractivity contribution in [3.8, 4) is 0 Å². The fourth-order valence-corrected chi connectivity index (χ4v) is 1.50. The molecule has 1 rings (SSSR count). The predicted molar refractivity (Wildman–Crippen MR) is 51.8 cm³/mol. The van der Waals surface area contributed by atoms with E-state index >= 15 is 0 Å². The quantitative estimate of drug-likeness (QED) is 0.780. The summed E-state index contributed by atoms with van der Waals surface area (Å²) in [6.07, 6.45) is 1.13. The van der Waals surface area contributed by atoms with Gasteiger partial charge in [0.1, 0.15) is 5.82 Å². The van der Waals surface area contributed by atoms with E-state index in [4.69, 9.17) is 28.3 Å². The van der Waals surface area contributed by atoms with Gasteiger partial charge in [-0.2, -0.15) is 0 Å². The molecule has 0 aromatic heterocycles. The van der Waals surface area contributed by atoms with Crippen molar-refractivity contribution in [1.82, 2.24) is 0 Å². The average Bonchev–Trinajstić information content (AvgIpc) is 2.09. The molecule has 0 bridgehead atoms. The standard InChI is InChI=1S/C9H9Cl2FO/c10-7-5-8(11)9(12)4-6(7)2-1-3-13/h4-5,13H,1-3H2. The number of halogens is 3. The summed E-state index contributed by atoms with van der Waals surface area (Å²) < 4.78 is 12.9. The SMILES string of the molecule is OCCCc1cc(F)c(Cl)cc1Cl. The van der Waals surface area contributed by atoms with Gasteiger partial charge in [0.25, 0.3) is 0 Å². The van der Waals surface area contributed by atoms with Crippen molar-refractivity contribution in [2.45, 2.75) is 12.8 Å². The third-order valence-electron chi connectivity index (χ3n) is 1.69. The van der Waals surface area contributed by atoms with E-state index in [1.54, 1.807) is 0 Å². The van der Waals surface area contributed by atoms with Gasteiger partial charge in [-0.1, -0.05) is 23.2 Å². The smallest absolute Gasteiger partial charge is 0.142 e. The van der Waals surface area contributed by atoms with Crippen molar-refractivity contribution >= 4 is 23.2 Å². The Balaban J connectivity index is 2.88. The summed E-state index contributed by atoms with van der Waals surface area (Å²) >= 11 is 11.3. The molecule has 13 heavy (non-hydrogen) atoms. The summed E-state index contributed by atoms with van der Waals surface area (Å²) in [7, 11) is 0. The van der Waals surface area contributed by atoms with Gasteiger partial charge in [-0.25, -0.2) is 4.39 Å². The van der Waals surface area contributed by atoms with Crippen LogP contribution in [0.1, 0.15) is 12.0 Å². The van der Waals surface area contributed by atoms with Gasteiger partial charge in [-0.15, -0.1) is 0 Å². The lowest BCUT2D eigenvalue weighted by atomic mass is 10.1. The van der Waals surface area contributed by atoms with E-state index in [-0.39, 0.29) is 11.6 Å². The van der Waals surface area contributed by atoms with Crippen molar-refractivity contribution in [3.05, 3.63) is 33.6 Å². The molecule has 0 saturated carbocycles. The second-order valence-corrected chi connectivity index (χ2v) is 3.50. The van der Waals surface area contributed by atoms with Crippen LogP contribution in [-0.2, 0) is 6.42 Å². The van der Waals surface area contributed by atoms with Crippen molar-refractivity contribution in [3.63, 3.8) is 0 Å². The van der Waals surface area contributed by atoms with Crippen LogP contribution < -0.4 is 0 Å². The van der Waals surface area contributed by atoms with Gasteiger partial charge in [-0.05, 0) is 30.5 Å². The summed E-state index contributed by atoms with van der Waals surface area (Å²) in [6.45, 7) is 0.0700. The maximum Gasteiger partial charge on any atom is 0.142 e. The van der Waals surface area contributed by atoms with Gasteiger partial charge >= 0.3 is 0 Å². The molecule has 0 spiro atoms. The zero-order valence-corrected chi connectivity index (χ0v) is 8.37. The van der Waals surface area contributed by atoms with Crippen LogP contribution in [-0.4, -0.2) is 11.7 Å². The average molecular weight is 223 g/mol. The minimum Gasteiger partial charge on any atom is -0.396 e. The Labute approximate surface area is 86.1 Å². The Morgan fingerprint density at radius 3 is 2.54 bits per heavy atom. The summed E-state index contributed by atoms with van der Waals surface area (Å²) in [5.74, 6) is -0.473. The molecule has 0 aliphatic carbocycles. The van der Waals surface area contributed by atoms with E-state index in [9.17, 15) is 4.39 Å². The maximum atomic E-state index is 12.9. The van der Waals surface area contributed by atoms with Gasteiger partial charge in [0.05, 0.1) is 5.02 Å². The molecule has 4 heteroatoms. The van der Waals surface area contributed by atoms with Crippen LogP contribution in [0.2, 0.25) is 10.0 Å². The van der Waals surface area contributed by atoms with Gasteiger partial charge in [0.2, 0.25) is 0 Å². The summed E-state index contributed by atoms with van der Waals surface area (Å²) in [4.78, 5) is 0. The predicted octanol–water partition coefficient (Wildman–Crippen LogP) is 3.06. The lowest BCUT2D eigenvalue weighted by molar-refractivity contribution is 0.288. The van der Waals surface area contributed by atoms with E-state index in [0.717, 1.165) is 0 Å². The summed E-state index contributed by atoms with van der Waals surface area (Å²) in [6, 6.07) is 2.69. The van der Waals surface area contributed by atoms with Crippen molar-refractivity contribution in [1.29, 1.82) is 0 Å². The molecular weight excluding hydrogens is 214 g/mol. The Morgan fingerprint density at radius 2 is 1.92 bits per heavy atom. The van der Waals surface area contributed by atoms with Crippen LogP contribution in [0.5, 0.6) is 0 Å². The zero-order chi connectivity index (χ0) is 9.84. The van der Waals surface area contributed by atoms with Crippen LogP contribution in [0.3, 0.4) is 0 Å². The highest BCUT2D eigenvalue weighted by Gasteiger charge is 2.06. The van der Waals surface area contributed by atoms with Crippen molar-refractivity contribution in [2.24, 2.45) is 0 Å². The minimum absolute atomic E-state index is 0.0257. The summed E-state index contributed by atoms with van der Waals surface area (Å²) in [5, 5.41) is 9.05. The molecule has 0 aliphatic rings. The largest absolute Gasteiger partial charge is 0.396 e. The Kier molecular flexibility index (Phi) is 3.97. The minimum atomic E-state index is -0.473. The number of rotatable bonds is 3. The van der Waals surface area contributed by atoms with Crippen molar-refractivity contribution < 1.29 is 9.50 Å². The first kappa shape index (κ1) is 10.8. The number of aryl methyl sites for hydroxylation is 1. The molecule has 1 nitrogen and oxygen atoms in total. The molecule has 0 radical (unpaired) electrons. The fourth-order valence-electron chi connectivity index (χ4n) is 1.02. The van der Waals surface area contributed by atoms with Crippen LogP contribution in [0.4, 0.5) is 4.39 Å². The number of benzene rings is 1. The summed E-state index contributed by atoms with van der Waals surface area (Å²) in [5.41, 5.74) is 0.678. The van der Waals surface area contributed by atoms with E-state index < -0.39 is 5.82 Å². The topological polar surface area (TPSA) is 20.2 Å². The first-order valence-electron chi connectivity index (χ1n) is 3.89. The lowest BCUT2D eigenvalue weighted by Gasteiger charge is -2.04. The van der Waals surface area contributed by atoms with Crippen LogP contribution in [0, 0.1) is 5.82 Å². The van der Waals surface area contributed by atoms with Gasteiger partial charge < -0.3 is 5.11 Å². The van der Waals surface area contributed by atoms with E-state index in [1.165, 1.54) is 12.1 Å².